The van der Waals surface area contributed by atoms with E-state index in [-0.39, 0.29) is 5.92 Å². The van der Waals surface area contributed by atoms with E-state index >= 15 is 0 Å². The number of nitrogens with zero attached hydrogens (tertiary/aromatic N) is 5. The van der Waals surface area contributed by atoms with Crippen LogP contribution < -0.4 is 0 Å². The minimum absolute atomic E-state index is 0.0302. The first-order chi connectivity index (χ1) is 29.2. The van der Waals surface area contributed by atoms with Gasteiger partial charge in [0.1, 0.15) is 17.0 Å². The van der Waals surface area contributed by atoms with Crippen molar-refractivity contribution in [2.75, 3.05) is 0 Å². The molecule has 3 heterocycles. The number of hydrogen-bond donors (Lipinski definition) is 0. The standard InChI is InChI=1S/C53H35N5O/c1-3-16-35(17-4-1)50-54-46(33-47(55-50)42-27-13-20-34-15-7-8-25-41(34)42)39-23-11-21-37(31-39)38-22-12-24-40(32-38)52-56-51(36-18-5-2-6-19-36)57-53(58-52)45-29-14-28-44-43-26-9-10-30-48(43)59-49(44)45/h1-18,20-33,36H,19H2. The maximum atomic E-state index is 6.44. The molecule has 0 saturated carbocycles. The van der Waals surface area contributed by atoms with Crippen LogP contribution in [0.15, 0.2) is 199 Å². The third-order valence-electron chi connectivity index (χ3n) is 11.0. The zero-order chi connectivity index (χ0) is 39.1. The van der Waals surface area contributed by atoms with E-state index in [1.807, 2.05) is 48.5 Å². The lowest BCUT2D eigenvalue weighted by atomic mass is 9.97. The van der Waals surface area contributed by atoms with Gasteiger partial charge in [0.15, 0.2) is 17.5 Å². The molecule has 1 unspecified atom stereocenters. The average Bonchev–Trinajstić information content (AvgIpc) is 3.71. The lowest BCUT2D eigenvalue weighted by molar-refractivity contribution is 0.669. The number of furan rings is 1. The number of rotatable bonds is 7. The van der Waals surface area contributed by atoms with Crippen molar-refractivity contribution in [3.63, 3.8) is 0 Å². The Hall–Kier alpha value is -7.83. The third kappa shape index (κ3) is 6.47. The van der Waals surface area contributed by atoms with Gasteiger partial charge in [-0.25, -0.2) is 24.9 Å². The number of benzene rings is 7. The summed E-state index contributed by atoms with van der Waals surface area (Å²) < 4.78 is 6.44. The summed E-state index contributed by atoms with van der Waals surface area (Å²) in [5.41, 5.74) is 10.2. The Bertz CT molecular complexity index is 3270. The van der Waals surface area contributed by atoms with Gasteiger partial charge in [0, 0.05) is 38.9 Å². The molecule has 0 aliphatic heterocycles. The molecule has 1 aliphatic rings. The predicted octanol–water partition coefficient (Wildman–Crippen LogP) is 13.3. The van der Waals surface area contributed by atoms with E-state index in [0.717, 1.165) is 89.9 Å². The van der Waals surface area contributed by atoms with E-state index in [2.05, 4.69) is 146 Å². The first-order valence-corrected chi connectivity index (χ1v) is 19.9. The Labute approximate surface area is 341 Å². The molecule has 0 radical (unpaired) electrons. The smallest absolute Gasteiger partial charge is 0.167 e. The van der Waals surface area contributed by atoms with Crippen LogP contribution in [0.4, 0.5) is 0 Å². The molecule has 0 amide bonds. The van der Waals surface area contributed by atoms with E-state index in [4.69, 9.17) is 29.3 Å². The average molecular weight is 758 g/mol. The van der Waals surface area contributed by atoms with Gasteiger partial charge in [-0.3, -0.25) is 0 Å². The van der Waals surface area contributed by atoms with Crippen molar-refractivity contribution in [2.45, 2.75) is 12.3 Å². The van der Waals surface area contributed by atoms with Crippen LogP contribution in [0.25, 0.3) is 101 Å². The molecule has 0 spiro atoms. The van der Waals surface area contributed by atoms with Crippen LogP contribution in [0.1, 0.15) is 18.2 Å². The van der Waals surface area contributed by atoms with Crippen LogP contribution in [0, 0.1) is 0 Å². The van der Waals surface area contributed by atoms with Crippen LogP contribution in [0.2, 0.25) is 0 Å². The fraction of sp³-hybridized carbons (Fsp3) is 0.0377. The Balaban J connectivity index is 1.02. The molecule has 0 bridgehead atoms. The molecule has 6 nitrogen and oxygen atoms in total. The Morgan fingerprint density at radius 3 is 1.92 bits per heavy atom. The van der Waals surface area contributed by atoms with Gasteiger partial charge in [-0.15, -0.1) is 0 Å². The van der Waals surface area contributed by atoms with E-state index in [0.29, 0.717) is 17.5 Å². The molecular formula is C53H35N5O. The Kier molecular flexibility index (Phi) is 8.51. The largest absolute Gasteiger partial charge is 0.455 e. The fourth-order valence-electron chi connectivity index (χ4n) is 8.10. The number of fused-ring (bicyclic) bond motifs is 4. The monoisotopic (exact) mass is 757 g/mol. The third-order valence-corrected chi connectivity index (χ3v) is 11.0. The molecule has 59 heavy (non-hydrogen) atoms. The van der Waals surface area contributed by atoms with Gasteiger partial charge in [0.25, 0.3) is 0 Å². The summed E-state index contributed by atoms with van der Waals surface area (Å²) in [5, 5.41) is 4.42. The highest BCUT2D eigenvalue weighted by Gasteiger charge is 2.21. The van der Waals surface area contributed by atoms with Crippen LogP contribution in [0.5, 0.6) is 0 Å². The number of hydrogen-bond acceptors (Lipinski definition) is 6. The molecule has 278 valence electrons. The summed E-state index contributed by atoms with van der Waals surface area (Å²) >= 11 is 0. The molecule has 0 N–H and O–H groups in total. The normalized spacial score (nSPS) is 13.7. The van der Waals surface area contributed by atoms with E-state index in [9.17, 15) is 0 Å². The molecule has 10 aromatic rings. The molecule has 0 fully saturated rings. The van der Waals surface area contributed by atoms with E-state index in [1.54, 1.807) is 0 Å². The summed E-state index contributed by atoms with van der Waals surface area (Å²) in [7, 11) is 0. The SMILES string of the molecule is C1=CCC(c2nc(-c3cccc(-c4cccc(-c5cc(-c6cccc7ccccc67)nc(-c6ccccc6)n5)c4)c3)nc(-c3cccc4c3oc3ccccc34)n2)C=C1. The summed E-state index contributed by atoms with van der Waals surface area (Å²) in [5.74, 6) is 2.64. The van der Waals surface area contributed by atoms with Gasteiger partial charge in [-0.05, 0) is 58.7 Å². The fourth-order valence-corrected chi connectivity index (χ4v) is 8.10. The van der Waals surface area contributed by atoms with Gasteiger partial charge in [-0.1, -0.05) is 164 Å². The van der Waals surface area contributed by atoms with Crippen molar-refractivity contribution in [1.29, 1.82) is 0 Å². The Morgan fingerprint density at radius 2 is 1.05 bits per heavy atom. The molecule has 1 atom stereocenters. The van der Waals surface area contributed by atoms with Gasteiger partial charge in [0.2, 0.25) is 0 Å². The maximum Gasteiger partial charge on any atom is 0.167 e. The highest BCUT2D eigenvalue weighted by atomic mass is 16.3. The molecule has 1 aliphatic carbocycles. The van der Waals surface area contributed by atoms with Crippen molar-refractivity contribution < 1.29 is 4.42 Å². The van der Waals surface area contributed by atoms with E-state index < -0.39 is 0 Å². The van der Waals surface area contributed by atoms with Crippen LogP contribution in [-0.2, 0) is 0 Å². The van der Waals surface area contributed by atoms with Crippen LogP contribution in [0.3, 0.4) is 0 Å². The van der Waals surface area contributed by atoms with Crippen molar-refractivity contribution in [3.8, 4) is 67.8 Å². The lowest BCUT2D eigenvalue weighted by Gasteiger charge is -2.15. The zero-order valence-corrected chi connectivity index (χ0v) is 31.9. The van der Waals surface area contributed by atoms with Crippen molar-refractivity contribution >= 4 is 32.7 Å². The maximum absolute atomic E-state index is 6.44. The van der Waals surface area contributed by atoms with Gasteiger partial charge in [0.05, 0.1) is 17.0 Å². The first-order valence-electron chi connectivity index (χ1n) is 19.9. The highest BCUT2D eigenvalue weighted by molar-refractivity contribution is 6.09. The lowest BCUT2D eigenvalue weighted by Crippen LogP contribution is -2.08. The van der Waals surface area contributed by atoms with Gasteiger partial charge < -0.3 is 4.42 Å². The minimum atomic E-state index is 0.0302. The number of aromatic nitrogens is 5. The van der Waals surface area contributed by atoms with Crippen molar-refractivity contribution in [3.05, 3.63) is 200 Å². The molecular weight excluding hydrogens is 723 g/mol. The van der Waals surface area contributed by atoms with Gasteiger partial charge in [-0.2, -0.15) is 0 Å². The van der Waals surface area contributed by atoms with Crippen LogP contribution >= 0.6 is 0 Å². The van der Waals surface area contributed by atoms with Gasteiger partial charge >= 0.3 is 0 Å². The molecule has 3 aromatic heterocycles. The molecule has 7 aromatic carbocycles. The highest BCUT2D eigenvalue weighted by Crippen LogP contribution is 2.37. The molecule has 11 rings (SSSR count). The zero-order valence-electron chi connectivity index (χ0n) is 31.9. The second-order valence-electron chi connectivity index (χ2n) is 14.8. The number of allylic oxidation sites excluding steroid dienone is 4. The summed E-state index contributed by atoms with van der Waals surface area (Å²) in [6.45, 7) is 0. The summed E-state index contributed by atoms with van der Waals surface area (Å²) in [6.07, 6.45) is 9.27. The quantitative estimate of drug-likeness (QED) is 0.161. The van der Waals surface area contributed by atoms with E-state index in [1.165, 1.54) is 5.39 Å². The topological polar surface area (TPSA) is 77.6 Å². The van der Waals surface area contributed by atoms with Crippen molar-refractivity contribution in [1.82, 2.24) is 24.9 Å². The second kappa shape index (κ2) is 14.6. The first kappa shape index (κ1) is 34.4. The molecule has 0 saturated heterocycles. The number of para-hydroxylation sites is 2. The predicted molar refractivity (Wildman–Crippen MR) is 238 cm³/mol. The minimum Gasteiger partial charge on any atom is -0.455 e. The molecule has 6 heteroatoms. The second-order valence-corrected chi connectivity index (χ2v) is 14.8. The Morgan fingerprint density at radius 1 is 0.424 bits per heavy atom. The van der Waals surface area contributed by atoms with Crippen molar-refractivity contribution in [2.24, 2.45) is 0 Å². The van der Waals surface area contributed by atoms with Crippen LogP contribution in [-0.4, -0.2) is 24.9 Å². The summed E-state index contributed by atoms with van der Waals surface area (Å²) in [4.78, 5) is 25.6. The summed E-state index contributed by atoms with van der Waals surface area (Å²) in [6, 6.07) is 58.4.